The summed E-state index contributed by atoms with van der Waals surface area (Å²) in [6, 6.07) is 15.3. The number of thiazole rings is 1. The first-order valence-electron chi connectivity index (χ1n) is 15.7. The van der Waals surface area contributed by atoms with E-state index in [-0.39, 0.29) is 44.4 Å². The summed E-state index contributed by atoms with van der Waals surface area (Å²) in [5, 5.41) is 1.71. The van der Waals surface area contributed by atoms with Crippen molar-refractivity contribution in [3.05, 3.63) is 96.7 Å². The van der Waals surface area contributed by atoms with Crippen molar-refractivity contribution < 1.29 is 42.8 Å². The molecule has 0 spiro atoms. The van der Waals surface area contributed by atoms with E-state index in [0.29, 0.717) is 37.7 Å². The van der Waals surface area contributed by atoms with Gasteiger partial charge in [-0.15, -0.1) is 0 Å². The van der Waals surface area contributed by atoms with Crippen molar-refractivity contribution in [1.29, 1.82) is 0 Å². The molecule has 0 aliphatic carbocycles. The quantitative estimate of drug-likeness (QED) is 0.150. The molecule has 0 unspecified atom stereocenters. The number of carbonyl (C=O) groups is 3. The van der Waals surface area contributed by atoms with Crippen LogP contribution in [-0.4, -0.2) is 62.6 Å². The van der Waals surface area contributed by atoms with Gasteiger partial charge in [0.1, 0.15) is 5.75 Å². The standard InChI is InChI=1S/C36H36N2O10S/c1-6-44-28-17-23(14-16-27(28)48-19-30(39)43-5)33-32(35(42)46-8-3)21(4)37-36-38(33)34(41)29(49-36)18-25-24-12-10-9-11-22(24)13-15-26(25)47-20-31(40)45-7-2/h9-18,33H,6-8,19-20H2,1-5H3/b29-18+/t33-/m1/s1. The third kappa shape index (κ3) is 7.51. The average molecular weight is 689 g/mol. The number of aromatic nitrogens is 1. The van der Waals surface area contributed by atoms with Crippen molar-refractivity contribution in [2.75, 3.05) is 40.1 Å². The van der Waals surface area contributed by atoms with Crippen molar-refractivity contribution in [2.45, 2.75) is 33.7 Å². The molecule has 4 aromatic rings. The van der Waals surface area contributed by atoms with Gasteiger partial charge in [-0.3, -0.25) is 9.36 Å². The Morgan fingerprint density at radius 3 is 2.31 bits per heavy atom. The lowest BCUT2D eigenvalue weighted by atomic mass is 9.95. The number of hydrogen-bond donors (Lipinski definition) is 0. The molecule has 1 aliphatic heterocycles. The van der Waals surface area contributed by atoms with Crippen molar-refractivity contribution in [2.24, 2.45) is 4.99 Å². The Bertz CT molecular complexity index is 2110. The van der Waals surface area contributed by atoms with Crippen molar-refractivity contribution in [1.82, 2.24) is 4.57 Å². The van der Waals surface area contributed by atoms with Gasteiger partial charge in [0.2, 0.25) is 0 Å². The molecule has 1 atom stereocenters. The smallest absolute Gasteiger partial charge is 0.344 e. The highest BCUT2D eigenvalue weighted by atomic mass is 32.1. The van der Waals surface area contributed by atoms with Gasteiger partial charge in [-0.05, 0) is 68.3 Å². The van der Waals surface area contributed by atoms with Crippen LogP contribution in [0.5, 0.6) is 17.2 Å². The average Bonchev–Trinajstić information content (AvgIpc) is 3.40. The minimum Gasteiger partial charge on any atom is -0.490 e. The molecule has 0 N–H and O–H groups in total. The lowest BCUT2D eigenvalue weighted by Gasteiger charge is -2.25. The lowest BCUT2D eigenvalue weighted by Crippen LogP contribution is -2.40. The summed E-state index contributed by atoms with van der Waals surface area (Å²) in [6.45, 7) is 6.88. The molecule has 0 amide bonds. The molecule has 256 valence electrons. The molecule has 2 heterocycles. The van der Waals surface area contributed by atoms with Crippen LogP contribution in [0.4, 0.5) is 0 Å². The van der Waals surface area contributed by atoms with Crippen molar-refractivity contribution in [3.63, 3.8) is 0 Å². The van der Waals surface area contributed by atoms with Gasteiger partial charge in [0.05, 0.1) is 48.8 Å². The summed E-state index contributed by atoms with van der Waals surface area (Å²) in [5.41, 5.74) is 1.30. The Morgan fingerprint density at radius 1 is 0.857 bits per heavy atom. The van der Waals surface area contributed by atoms with E-state index in [1.807, 2.05) is 30.3 Å². The predicted octanol–water partition coefficient (Wildman–Crippen LogP) is 3.84. The maximum atomic E-state index is 14.4. The number of esters is 3. The zero-order valence-electron chi connectivity index (χ0n) is 27.8. The third-order valence-electron chi connectivity index (χ3n) is 7.53. The molecule has 5 rings (SSSR count). The number of ether oxygens (including phenoxy) is 6. The van der Waals surface area contributed by atoms with Gasteiger partial charge >= 0.3 is 17.9 Å². The molecule has 0 radical (unpaired) electrons. The molecule has 3 aromatic carbocycles. The van der Waals surface area contributed by atoms with E-state index in [2.05, 4.69) is 9.73 Å². The second kappa shape index (κ2) is 15.6. The maximum Gasteiger partial charge on any atom is 0.344 e. The van der Waals surface area contributed by atoms with Crippen LogP contribution in [0.15, 0.2) is 75.7 Å². The summed E-state index contributed by atoms with van der Waals surface area (Å²) in [5.74, 6) is -0.716. The van der Waals surface area contributed by atoms with Crippen LogP contribution < -0.4 is 29.1 Å². The summed E-state index contributed by atoms with van der Waals surface area (Å²) in [6.07, 6.45) is 1.71. The number of methoxy groups -OCH3 is 1. The minimum absolute atomic E-state index is 0.118. The molecule has 13 heteroatoms. The fourth-order valence-electron chi connectivity index (χ4n) is 5.41. The predicted molar refractivity (Wildman–Crippen MR) is 182 cm³/mol. The third-order valence-corrected chi connectivity index (χ3v) is 8.51. The number of nitrogens with zero attached hydrogens (tertiary/aromatic N) is 2. The fourth-order valence-corrected chi connectivity index (χ4v) is 6.43. The van der Waals surface area contributed by atoms with E-state index in [0.717, 1.165) is 22.1 Å². The van der Waals surface area contributed by atoms with Crippen LogP contribution in [0, 0.1) is 0 Å². The first-order chi connectivity index (χ1) is 23.7. The number of fused-ring (bicyclic) bond motifs is 2. The monoisotopic (exact) mass is 688 g/mol. The van der Waals surface area contributed by atoms with Crippen molar-refractivity contribution in [3.8, 4) is 17.2 Å². The molecule has 0 saturated carbocycles. The molecule has 0 fully saturated rings. The van der Waals surface area contributed by atoms with Crippen LogP contribution in [-0.2, 0) is 28.6 Å². The zero-order chi connectivity index (χ0) is 35.1. The number of carbonyl (C=O) groups excluding carboxylic acids is 3. The SMILES string of the molecule is CCOC(=O)COc1ccc2ccccc2c1/C=c1/sc2n(c1=O)[C@H](c1ccc(OCC(=O)OC)c(OCC)c1)C(C(=O)OCC)=C(C)N=2. The van der Waals surface area contributed by atoms with Crippen LogP contribution in [0.3, 0.4) is 0 Å². The van der Waals surface area contributed by atoms with E-state index < -0.39 is 29.5 Å². The fraction of sp³-hybridized carbons (Fsp3) is 0.306. The van der Waals surface area contributed by atoms with Crippen LogP contribution in [0.1, 0.15) is 44.9 Å². The van der Waals surface area contributed by atoms with Crippen LogP contribution >= 0.6 is 11.3 Å². The van der Waals surface area contributed by atoms with E-state index in [4.69, 9.17) is 23.7 Å². The first kappa shape index (κ1) is 34.9. The molecule has 1 aromatic heterocycles. The number of rotatable bonds is 13. The van der Waals surface area contributed by atoms with Gasteiger partial charge in [-0.1, -0.05) is 47.7 Å². The largest absolute Gasteiger partial charge is 0.490 e. The first-order valence-corrected chi connectivity index (χ1v) is 16.5. The minimum atomic E-state index is -0.932. The Labute approximate surface area is 285 Å². The molecule has 49 heavy (non-hydrogen) atoms. The van der Waals surface area contributed by atoms with E-state index >= 15 is 0 Å². The molecule has 1 aliphatic rings. The van der Waals surface area contributed by atoms with E-state index in [9.17, 15) is 19.2 Å². The van der Waals surface area contributed by atoms with Gasteiger partial charge in [0.15, 0.2) is 29.5 Å². The summed E-state index contributed by atoms with van der Waals surface area (Å²) >= 11 is 1.15. The number of hydrogen-bond acceptors (Lipinski definition) is 12. The summed E-state index contributed by atoms with van der Waals surface area (Å²) in [4.78, 5) is 56.8. The van der Waals surface area contributed by atoms with Crippen LogP contribution in [0.2, 0.25) is 0 Å². The number of allylic oxidation sites excluding steroid dienone is 1. The highest BCUT2D eigenvalue weighted by molar-refractivity contribution is 7.07. The topological polar surface area (TPSA) is 141 Å². The molecule has 0 bridgehead atoms. The van der Waals surface area contributed by atoms with Gasteiger partial charge in [-0.25, -0.2) is 19.4 Å². The Balaban J connectivity index is 1.69. The highest BCUT2D eigenvalue weighted by Gasteiger charge is 2.34. The normalized spacial score (nSPS) is 14.1. The molecule has 12 nitrogen and oxygen atoms in total. The Hall–Kier alpha value is -5.43. The van der Waals surface area contributed by atoms with Gasteiger partial charge in [-0.2, -0.15) is 0 Å². The molecular weight excluding hydrogens is 652 g/mol. The van der Waals surface area contributed by atoms with Gasteiger partial charge in [0.25, 0.3) is 5.56 Å². The molecule has 0 saturated heterocycles. The second-order valence-corrected chi connectivity index (χ2v) is 11.6. The highest BCUT2D eigenvalue weighted by Crippen LogP contribution is 2.36. The second-order valence-electron chi connectivity index (χ2n) is 10.6. The Kier molecular flexibility index (Phi) is 11.1. The van der Waals surface area contributed by atoms with Gasteiger partial charge in [0, 0.05) is 5.56 Å². The summed E-state index contributed by atoms with van der Waals surface area (Å²) < 4.78 is 34.3. The maximum absolute atomic E-state index is 14.4. The van der Waals surface area contributed by atoms with E-state index in [1.165, 1.54) is 11.7 Å². The van der Waals surface area contributed by atoms with Crippen LogP contribution in [0.25, 0.3) is 16.8 Å². The van der Waals surface area contributed by atoms with Gasteiger partial charge < -0.3 is 28.4 Å². The Morgan fingerprint density at radius 2 is 1.57 bits per heavy atom. The lowest BCUT2D eigenvalue weighted by molar-refractivity contribution is -0.145. The van der Waals surface area contributed by atoms with Crippen molar-refractivity contribution >= 4 is 46.1 Å². The number of benzene rings is 3. The molecular formula is C36H36N2O10S. The van der Waals surface area contributed by atoms with E-state index in [1.54, 1.807) is 58.0 Å². The zero-order valence-corrected chi connectivity index (χ0v) is 28.6. The summed E-state index contributed by atoms with van der Waals surface area (Å²) in [7, 11) is 1.26.